The molecule has 2 aromatic heterocycles. The standard InChI is InChI=1S/C27H36B2N6O3S/c1-6-35-27(5,18-9-7-17(8-10-18)24-16(4)30-14-39-24)31-25(32-35)20-11-19(36)13-34(20)26(37)23(15(2)3)21-12-22(29-28)33-38-21/h7-10,12,14-15,19-20,23,29,36H,6,11,13,28H2,1-5H3,(H,31,32)/t19-,20-,23?,27-/m1/s1. The molecule has 0 aliphatic carbocycles. The number of hydrazone groups is 1. The summed E-state index contributed by atoms with van der Waals surface area (Å²) in [7, 11) is 2.75. The van der Waals surface area contributed by atoms with Crippen LogP contribution in [-0.4, -0.2) is 77.0 Å². The molecule has 0 bridgehead atoms. The molecule has 12 heteroatoms. The van der Waals surface area contributed by atoms with E-state index >= 15 is 0 Å². The zero-order valence-corrected chi connectivity index (χ0v) is 24.3. The maximum Gasteiger partial charge on any atom is 0.234 e. The van der Waals surface area contributed by atoms with Gasteiger partial charge in [-0.2, -0.15) is 5.10 Å². The number of amidine groups is 1. The van der Waals surface area contributed by atoms with Crippen molar-refractivity contribution in [3.63, 3.8) is 0 Å². The van der Waals surface area contributed by atoms with Crippen molar-refractivity contribution in [2.75, 3.05) is 13.1 Å². The summed E-state index contributed by atoms with van der Waals surface area (Å²) in [4.78, 5) is 21.3. The van der Waals surface area contributed by atoms with Gasteiger partial charge in [0.25, 0.3) is 0 Å². The average Bonchev–Trinajstić information content (AvgIpc) is 3.70. The summed E-state index contributed by atoms with van der Waals surface area (Å²) in [5.74, 6) is 0.718. The number of hydrogen-bond donors (Lipinski definition) is 2. The van der Waals surface area contributed by atoms with Gasteiger partial charge in [0.05, 0.1) is 36.0 Å². The predicted molar refractivity (Wildman–Crippen MR) is 158 cm³/mol. The molecule has 4 heterocycles. The largest absolute Gasteiger partial charge is 0.391 e. The van der Waals surface area contributed by atoms with Gasteiger partial charge in [-0.1, -0.05) is 43.3 Å². The van der Waals surface area contributed by atoms with Crippen LogP contribution in [0.4, 0.5) is 0 Å². The molecule has 1 unspecified atom stereocenters. The Morgan fingerprint density at radius 2 is 2.10 bits per heavy atom. The van der Waals surface area contributed by atoms with Crippen LogP contribution in [0.1, 0.15) is 57.1 Å². The molecular weight excluding hydrogens is 510 g/mol. The van der Waals surface area contributed by atoms with Gasteiger partial charge in [-0.15, -0.1) is 11.3 Å². The third kappa shape index (κ3) is 5.00. The third-order valence-corrected chi connectivity index (χ3v) is 8.90. The summed E-state index contributed by atoms with van der Waals surface area (Å²) < 4.78 is 5.60. The van der Waals surface area contributed by atoms with E-state index in [1.165, 1.54) is 4.88 Å². The molecule has 4 atom stereocenters. The van der Waals surface area contributed by atoms with Gasteiger partial charge in [-0.3, -0.25) is 9.80 Å². The first-order valence-electron chi connectivity index (χ1n) is 13.8. The molecule has 39 heavy (non-hydrogen) atoms. The number of hydrogen-bond acceptors (Lipinski definition) is 9. The molecule has 9 nitrogen and oxygen atoms in total. The number of carbonyl (C=O) groups excluding carboxylic acids is 1. The lowest BCUT2D eigenvalue weighted by molar-refractivity contribution is -0.134. The predicted octanol–water partition coefficient (Wildman–Crippen LogP) is 1.53. The Morgan fingerprint density at radius 3 is 2.69 bits per heavy atom. The van der Waals surface area contributed by atoms with E-state index in [4.69, 9.17) is 9.62 Å². The minimum atomic E-state index is -0.624. The molecule has 1 amide bonds. The summed E-state index contributed by atoms with van der Waals surface area (Å²) in [5, 5.41) is 25.4. The van der Waals surface area contributed by atoms with Crippen molar-refractivity contribution in [3.05, 3.63) is 52.9 Å². The van der Waals surface area contributed by atoms with Crippen molar-refractivity contribution in [1.29, 1.82) is 0 Å². The highest BCUT2D eigenvalue weighted by atomic mass is 32.1. The second-order valence-corrected chi connectivity index (χ2v) is 11.8. The number of likely N-dealkylation sites (tertiary alicyclic amines) is 1. The van der Waals surface area contributed by atoms with Gasteiger partial charge in [0.2, 0.25) is 5.91 Å². The minimum Gasteiger partial charge on any atom is -0.391 e. The van der Waals surface area contributed by atoms with E-state index in [1.807, 2.05) is 45.1 Å². The zero-order valence-electron chi connectivity index (χ0n) is 23.5. The SMILES string of the molecule is BBc1cc(C(C(=O)N2C[C@H](O)C[C@@H]2C2=NN(CC)[C@](C)(c3ccc(-c4scnc4C)cc3)N2)C(C)C)on1. The Balaban J connectivity index is 1.41. The molecular formula is C27H36B2N6O3S. The van der Waals surface area contributed by atoms with Gasteiger partial charge in [-0.25, -0.2) is 4.98 Å². The van der Waals surface area contributed by atoms with Gasteiger partial charge < -0.3 is 19.8 Å². The zero-order chi connectivity index (χ0) is 27.9. The quantitative estimate of drug-likeness (QED) is 0.413. The Labute approximate surface area is 235 Å². The molecule has 2 aliphatic rings. The Kier molecular flexibility index (Phi) is 7.61. The molecule has 2 aliphatic heterocycles. The highest BCUT2D eigenvalue weighted by molar-refractivity contribution is 7.13. The van der Waals surface area contributed by atoms with Crippen LogP contribution < -0.4 is 10.9 Å². The number of thiazole rings is 1. The number of nitrogens with zero attached hydrogens (tertiary/aromatic N) is 5. The number of aliphatic hydroxyl groups is 1. The maximum absolute atomic E-state index is 14.0. The topological polar surface area (TPSA) is 107 Å². The maximum atomic E-state index is 14.0. The lowest BCUT2D eigenvalue weighted by Crippen LogP contribution is -2.52. The Hall–Kier alpha value is -3.11. The van der Waals surface area contributed by atoms with Crippen molar-refractivity contribution in [2.24, 2.45) is 11.0 Å². The molecule has 1 saturated heterocycles. The van der Waals surface area contributed by atoms with Crippen LogP contribution in [0.2, 0.25) is 0 Å². The average molecular weight is 546 g/mol. The van der Waals surface area contributed by atoms with Gasteiger partial charge in [0.15, 0.2) is 5.66 Å². The summed E-state index contributed by atoms with van der Waals surface area (Å²) in [6.07, 6.45) is -0.197. The monoisotopic (exact) mass is 546 g/mol. The number of rotatable bonds is 8. The third-order valence-electron chi connectivity index (χ3n) is 7.93. The van der Waals surface area contributed by atoms with Crippen LogP contribution in [0, 0.1) is 12.8 Å². The lowest BCUT2D eigenvalue weighted by atomic mass is 9.53. The van der Waals surface area contributed by atoms with E-state index in [9.17, 15) is 9.90 Å². The van der Waals surface area contributed by atoms with E-state index in [0.717, 1.165) is 29.6 Å². The highest BCUT2D eigenvalue weighted by Crippen LogP contribution is 2.36. The van der Waals surface area contributed by atoms with Crippen LogP contribution in [0.5, 0.6) is 0 Å². The number of aryl methyl sites for hydroxylation is 1. The van der Waals surface area contributed by atoms with Crippen molar-refractivity contribution >= 4 is 43.6 Å². The molecule has 1 aromatic carbocycles. The molecule has 204 valence electrons. The fourth-order valence-corrected chi connectivity index (χ4v) is 6.54. The van der Waals surface area contributed by atoms with Crippen LogP contribution in [0.3, 0.4) is 0 Å². The fraction of sp³-hybridized carbons (Fsp3) is 0.481. The number of amides is 1. The number of nitrogens with one attached hydrogen (secondary N) is 1. The van der Waals surface area contributed by atoms with E-state index < -0.39 is 17.7 Å². The second kappa shape index (κ2) is 10.8. The van der Waals surface area contributed by atoms with Gasteiger partial charge in [0, 0.05) is 25.1 Å². The van der Waals surface area contributed by atoms with E-state index in [1.54, 1.807) is 16.2 Å². The summed E-state index contributed by atoms with van der Waals surface area (Å²) in [6.45, 7) is 11.2. The molecule has 3 aromatic rings. The number of carbonyl (C=O) groups is 1. The Morgan fingerprint density at radius 1 is 1.36 bits per heavy atom. The van der Waals surface area contributed by atoms with Crippen molar-refractivity contribution < 1.29 is 14.4 Å². The van der Waals surface area contributed by atoms with Gasteiger partial charge in [0.1, 0.15) is 24.7 Å². The molecule has 5 rings (SSSR count). The summed E-state index contributed by atoms with van der Waals surface area (Å²) >= 11 is 1.64. The normalized spacial score (nSPS) is 23.7. The number of benzene rings is 1. The first-order valence-corrected chi connectivity index (χ1v) is 14.6. The number of β-amino-alcohol motifs (C(OH)–C–C–N with tert-alkyl or cyclic N) is 1. The minimum absolute atomic E-state index is 0.00475. The second-order valence-electron chi connectivity index (χ2n) is 10.9. The van der Waals surface area contributed by atoms with Crippen LogP contribution in [0.15, 0.2) is 45.5 Å². The van der Waals surface area contributed by atoms with Crippen molar-refractivity contribution in [2.45, 2.75) is 64.8 Å². The highest BCUT2D eigenvalue weighted by Gasteiger charge is 2.47. The summed E-state index contributed by atoms with van der Waals surface area (Å²) in [6, 6.07) is 10.0. The Bertz CT molecular complexity index is 1360. The fourth-order valence-electron chi connectivity index (χ4n) is 5.72. The van der Waals surface area contributed by atoms with Crippen LogP contribution >= 0.6 is 11.3 Å². The van der Waals surface area contributed by atoms with Crippen molar-refractivity contribution in [3.8, 4) is 10.4 Å². The number of aromatic nitrogens is 2. The molecule has 0 saturated carbocycles. The molecule has 1 fully saturated rings. The molecule has 0 spiro atoms. The lowest BCUT2D eigenvalue weighted by Gasteiger charge is -2.35. The van der Waals surface area contributed by atoms with E-state index in [0.29, 0.717) is 24.6 Å². The van der Waals surface area contributed by atoms with Crippen LogP contribution in [-0.2, 0) is 10.5 Å². The van der Waals surface area contributed by atoms with E-state index in [2.05, 4.69) is 53.6 Å². The number of aliphatic hydroxyl groups excluding tert-OH is 1. The van der Waals surface area contributed by atoms with Crippen molar-refractivity contribution in [1.82, 2.24) is 25.4 Å². The van der Waals surface area contributed by atoms with Gasteiger partial charge in [-0.05, 0) is 43.9 Å². The summed E-state index contributed by atoms with van der Waals surface area (Å²) in [5.41, 5.74) is 5.34. The smallest absolute Gasteiger partial charge is 0.234 e. The molecule has 2 N–H and O–H groups in total. The van der Waals surface area contributed by atoms with E-state index in [-0.39, 0.29) is 24.4 Å². The molecule has 0 radical (unpaired) electrons. The first-order chi connectivity index (χ1) is 18.7. The first kappa shape index (κ1) is 27.5. The van der Waals surface area contributed by atoms with Crippen LogP contribution in [0.25, 0.3) is 10.4 Å². The van der Waals surface area contributed by atoms with Gasteiger partial charge >= 0.3 is 0 Å².